The van der Waals surface area contributed by atoms with Crippen LogP contribution in [0, 0.1) is 13.8 Å². The molecule has 124 valence electrons. The zero-order chi connectivity index (χ0) is 16.9. The molecule has 0 radical (unpaired) electrons. The summed E-state index contributed by atoms with van der Waals surface area (Å²) >= 11 is 0. The molecule has 0 amide bonds. The van der Waals surface area contributed by atoms with Crippen molar-refractivity contribution in [3.8, 4) is 0 Å². The largest absolute Gasteiger partial charge is 0.370 e. The van der Waals surface area contributed by atoms with Gasteiger partial charge in [-0.2, -0.15) is 0 Å². The van der Waals surface area contributed by atoms with Crippen molar-refractivity contribution in [3.63, 3.8) is 0 Å². The van der Waals surface area contributed by atoms with Crippen molar-refractivity contribution in [3.05, 3.63) is 71.3 Å². The minimum absolute atomic E-state index is 0.438. The van der Waals surface area contributed by atoms with Crippen LogP contribution in [-0.2, 0) is 6.54 Å². The standard InChI is InChI=1S/C20H24N4/c1-15-10-16(2)12-18(11-15)23-20(21)22-14-17-6-5-7-19(13-17)24-8-3-4-9-24/h3-7,10-13H,8-9,14H2,1-2H3,(H3,21,22,23). The number of hydrogen-bond acceptors (Lipinski definition) is 2. The minimum atomic E-state index is 0.438. The van der Waals surface area contributed by atoms with Crippen molar-refractivity contribution in [1.82, 2.24) is 0 Å². The Bertz CT molecular complexity index is 749. The van der Waals surface area contributed by atoms with Gasteiger partial charge in [0.2, 0.25) is 0 Å². The summed E-state index contributed by atoms with van der Waals surface area (Å²) in [4.78, 5) is 6.79. The normalized spacial score (nSPS) is 14.2. The lowest BCUT2D eigenvalue weighted by molar-refractivity contribution is 0.993. The first-order chi connectivity index (χ1) is 11.6. The molecular weight excluding hydrogens is 296 g/mol. The van der Waals surface area contributed by atoms with Crippen LogP contribution in [0.5, 0.6) is 0 Å². The van der Waals surface area contributed by atoms with Gasteiger partial charge >= 0.3 is 0 Å². The van der Waals surface area contributed by atoms with Crippen molar-refractivity contribution in [2.24, 2.45) is 10.7 Å². The number of nitrogens with zero attached hydrogens (tertiary/aromatic N) is 2. The smallest absolute Gasteiger partial charge is 0.193 e. The molecule has 2 aromatic carbocycles. The maximum absolute atomic E-state index is 6.03. The molecule has 0 aliphatic carbocycles. The predicted molar refractivity (Wildman–Crippen MR) is 103 cm³/mol. The van der Waals surface area contributed by atoms with Gasteiger partial charge in [0.25, 0.3) is 0 Å². The van der Waals surface area contributed by atoms with Crippen LogP contribution >= 0.6 is 0 Å². The van der Waals surface area contributed by atoms with Crippen molar-refractivity contribution in [1.29, 1.82) is 0 Å². The zero-order valence-corrected chi connectivity index (χ0v) is 14.3. The van der Waals surface area contributed by atoms with E-state index in [1.54, 1.807) is 0 Å². The van der Waals surface area contributed by atoms with E-state index in [0.717, 1.165) is 24.3 Å². The van der Waals surface area contributed by atoms with E-state index < -0.39 is 0 Å². The Balaban J connectivity index is 1.65. The van der Waals surface area contributed by atoms with Crippen LogP contribution in [-0.4, -0.2) is 19.0 Å². The van der Waals surface area contributed by atoms with Crippen molar-refractivity contribution < 1.29 is 0 Å². The third kappa shape index (κ3) is 4.16. The number of anilines is 2. The molecular formula is C20H24N4. The summed E-state index contributed by atoms with van der Waals surface area (Å²) in [7, 11) is 0. The molecule has 24 heavy (non-hydrogen) atoms. The van der Waals surface area contributed by atoms with Gasteiger partial charge in [0.1, 0.15) is 0 Å². The summed E-state index contributed by atoms with van der Waals surface area (Å²) in [6, 6.07) is 14.7. The highest BCUT2D eigenvalue weighted by Gasteiger charge is 2.07. The topological polar surface area (TPSA) is 53.6 Å². The number of nitrogens with two attached hydrogens (primary N) is 1. The fourth-order valence-corrected chi connectivity index (χ4v) is 2.95. The van der Waals surface area contributed by atoms with Crippen LogP contribution in [0.15, 0.2) is 59.6 Å². The maximum Gasteiger partial charge on any atom is 0.193 e. The summed E-state index contributed by atoms with van der Waals surface area (Å²) < 4.78 is 0. The number of rotatable bonds is 4. The molecule has 1 heterocycles. The molecule has 0 bridgehead atoms. The highest BCUT2D eigenvalue weighted by molar-refractivity contribution is 5.92. The number of guanidine groups is 1. The first-order valence-corrected chi connectivity index (χ1v) is 8.24. The van der Waals surface area contributed by atoms with Crippen LogP contribution in [0.3, 0.4) is 0 Å². The third-order valence-electron chi connectivity index (χ3n) is 4.02. The zero-order valence-electron chi connectivity index (χ0n) is 14.3. The van der Waals surface area contributed by atoms with Crippen LogP contribution < -0.4 is 16.0 Å². The third-order valence-corrected chi connectivity index (χ3v) is 4.02. The number of aliphatic imine (C=N–C) groups is 1. The van der Waals surface area contributed by atoms with E-state index in [0.29, 0.717) is 12.5 Å². The number of benzene rings is 2. The molecule has 0 atom stereocenters. The van der Waals surface area contributed by atoms with Gasteiger partial charge in [-0.25, -0.2) is 4.99 Å². The summed E-state index contributed by atoms with van der Waals surface area (Å²) in [5.41, 5.74) is 11.8. The van der Waals surface area contributed by atoms with Gasteiger partial charge in [0, 0.05) is 24.5 Å². The first-order valence-electron chi connectivity index (χ1n) is 8.24. The average molecular weight is 320 g/mol. The van der Waals surface area contributed by atoms with Gasteiger partial charge in [-0.1, -0.05) is 30.4 Å². The van der Waals surface area contributed by atoms with E-state index in [-0.39, 0.29) is 0 Å². The van der Waals surface area contributed by atoms with Crippen LogP contribution in [0.4, 0.5) is 11.4 Å². The summed E-state index contributed by atoms with van der Waals surface area (Å²) in [5, 5.41) is 3.17. The van der Waals surface area contributed by atoms with Crippen molar-refractivity contribution >= 4 is 17.3 Å². The molecule has 0 unspecified atom stereocenters. The molecule has 4 nitrogen and oxygen atoms in total. The fraction of sp³-hybridized carbons (Fsp3) is 0.250. The number of nitrogens with one attached hydrogen (secondary N) is 1. The average Bonchev–Trinajstić information content (AvgIpc) is 3.07. The van der Waals surface area contributed by atoms with E-state index in [1.165, 1.54) is 16.8 Å². The fourth-order valence-electron chi connectivity index (χ4n) is 2.95. The van der Waals surface area contributed by atoms with Crippen LogP contribution in [0.2, 0.25) is 0 Å². The second-order valence-electron chi connectivity index (χ2n) is 6.25. The maximum atomic E-state index is 6.03. The molecule has 0 saturated carbocycles. The van der Waals surface area contributed by atoms with Gasteiger partial charge in [-0.15, -0.1) is 0 Å². The van der Waals surface area contributed by atoms with E-state index in [9.17, 15) is 0 Å². The van der Waals surface area contributed by atoms with Crippen molar-refractivity contribution in [2.45, 2.75) is 20.4 Å². The van der Waals surface area contributed by atoms with Gasteiger partial charge in [0.05, 0.1) is 6.54 Å². The van der Waals surface area contributed by atoms with Gasteiger partial charge in [-0.05, 0) is 54.8 Å². The Morgan fingerprint density at radius 3 is 2.50 bits per heavy atom. The van der Waals surface area contributed by atoms with Crippen LogP contribution in [0.25, 0.3) is 0 Å². The molecule has 0 spiro atoms. The van der Waals surface area contributed by atoms with Crippen LogP contribution in [0.1, 0.15) is 16.7 Å². The lowest BCUT2D eigenvalue weighted by Gasteiger charge is -2.18. The number of hydrogen-bond donors (Lipinski definition) is 2. The molecule has 2 aromatic rings. The summed E-state index contributed by atoms with van der Waals surface area (Å²) in [6.07, 6.45) is 4.38. The molecule has 0 aromatic heterocycles. The molecule has 1 aliphatic rings. The molecule has 1 aliphatic heterocycles. The first kappa shape index (κ1) is 16.1. The summed E-state index contributed by atoms with van der Waals surface area (Å²) in [5.74, 6) is 0.438. The molecule has 3 N–H and O–H groups in total. The van der Waals surface area contributed by atoms with Gasteiger partial charge in [-0.3, -0.25) is 0 Å². The second kappa shape index (κ2) is 7.21. The lowest BCUT2D eigenvalue weighted by Crippen LogP contribution is -2.22. The Morgan fingerprint density at radius 1 is 1.08 bits per heavy atom. The monoisotopic (exact) mass is 320 g/mol. The van der Waals surface area contributed by atoms with E-state index in [2.05, 4.69) is 83.7 Å². The number of aryl methyl sites for hydroxylation is 2. The minimum Gasteiger partial charge on any atom is -0.370 e. The Kier molecular flexibility index (Phi) is 4.85. The van der Waals surface area contributed by atoms with Crippen molar-refractivity contribution in [2.75, 3.05) is 23.3 Å². The molecule has 4 heteroatoms. The molecule has 0 saturated heterocycles. The Hall–Kier alpha value is -2.75. The Morgan fingerprint density at radius 2 is 1.79 bits per heavy atom. The second-order valence-corrected chi connectivity index (χ2v) is 6.25. The lowest BCUT2D eigenvalue weighted by atomic mass is 10.1. The van der Waals surface area contributed by atoms with Gasteiger partial charge in [0.15, 0.2) is 5.96 Å². The summed E-state index contributed by atoms with van der Waals surface area (Å²) in [6.45, 7) is 6.67. The molecule has 0 fully saturated rings. The highest BCUT2D eigenvalue weighted by atomic mass is 15.1. The van der Waals surface area contributed by atoms with E-state index in [1.807, 2.05) is 0 Å². The van der Waals surface area contributed by atoms with Gasteiger partial charge < -0.3 is 16.0 Å². The SMILES string of the molecule is Cc1cc(C)cc(NC(N)=NCc2cccc(N3CC=CC3)c2)c1. The van der Waals surface area contributed by atoms with E-state index in [4.69, 9.17) is 5.73 Å². The Labute approximate surface area is 143 Å². The van der Waals surface area contributed by atoms with E-state index >= 15 is 0 Å². The predicted octanol–water partition coefficient (Wildman–Crippen LogP) is 3.61. The highest BCUT2D eigenvalue weighted by Crippen LogP contribution is 2.19. The quantitative estimate of drug-likeness (QED) is 0.514. The molecule has 3 rings (SSSR count).